The summed E-state index contributed by atoms with van der Waals surface area (Å²) in [4.78, 5) is 19.6. The zero-order chi connectivity index (χ0) is 14.8. The van der Waals surface area contributed by atoms with Gasteiger partial charge in [-0.05, 0) is 29.6 Å². The number of nitrogens with one attached hydrogen (secondary N) is 1. The van der Waals surface area contributed by atoms with Crippen LogP contribution < -0.4 is 10.1 Å². The van der Waals surface area contributed by atoms with Crippen molar-refractivity contribution in [1.82, 2.24) is 15.1 Å². The van der Waals surface area contributed by atoms with E-state index in [1.165, 1.54) is 0 Å². The maximum atomic E-state index is 12.4. The molecule has 1 aromatic carbocycles. The van der Waals surface area contributed by atoms with E-state index in [1.54, 1.807) is 22.6 Å². The first-order valence-corrected chi connectivity index (χ1v) is 8.50. The highest BCUT2D eigenvalue weighted by Crippen LogP contribution is 2.19. The number of aromatic nitrogens is 4. The van der Waals surface area contributed by atoms with Gasteiger partial charge in [0.15, 0.2) is 5.52 Å². The lowest BCUT2D eigenvalue weighted by Gasteiger charge is -2.00. The predicted octanol–water partition coefficient (Wildman–Crippen LogP) is 2.71. The summed E-state index contributed by atoms with van der Waals surface area (Å²) in [5.74, 6) is 0.943. The molecule has 0 fully saturated rings. The maximum absolute atomic E-state index is 12.4. The molecule has 7 heteroatoms. The second-order valence-corrected chi connectivity index (χ2v) is 6.66. The molecule has 0 atom stereocenters. The van der Waals surface area contributed by atoms with Crippen molar-refractivity contribution in [2.75, 3.05) is 5.75 Å². The average molecular weight is 366 g/mol. The van der Waals surface area contributed by atoms with E-state index in [0.29, 0.717) is 10.7 Å². The highest BCUT2D eigenvalue weighted by Gasteiger charge is 2.15. The molecule has 0 aliphatic rings. The summed E-state index contributed by atoms with van der Waals surface area (Å²) in [6.07, 6.45) is 3.81. The Labute approximate surface area is 133 Å². The Bertz CT molecular complexity index is 865. The Kier molecular flexibility index (Phi) is 4.21. The average Bonchev–Trinajstić information content (AvgIpc) is 2.46. The molecule has 21 heavy (non-hydrogen) atoms. The SMILES string of the molecule is CCCCSc1n[n+]2cnc3ccc(Br)cc3c2c(=O)[nH]1. The molecule has 0 aliphatic carbocycles. The summed E-state index contributed by atoms with van der Waals surface area (Å²) in [7, 11) is 0. The van der Waals surface area contributed by atoms with E-state index in [2.05, 4.69) is 37.9 Å². The van der Waals surface area contributed by atoms with Crippen LogP contribution in [0.3, 0.4) is 0 Å². The Morgan fingerprint density at radius 3 is 3.10 bits per heavy atom. The molecule has 2 aromatic heterocycles. The molecular weight excluding hydrogens is 352 g/mol. The van der Waals surface area contributed by atoms with Gasteiger partial charge in [0.2, 0.25) is 10.7 Å². The summed E-state index contributed by atoms with van der Waals surface area (Å²) in [5, 5.41) is 5.84. The highest BCUT2D eigenvalue weighted by atomic mass is 79.9. The van der Waals surface area contributed by atoms with Crippen LogP contribution in [0.15, 0.2) is 39.0 Å². The van der Waals surface area contributed by atoms with Gasteiger partial charge in [-0.2, -0.15) is 0 Å². The summed E-state index contributed by atoms with van der Waals surface area (Å²) in [6.45, 7) is 2.14. The van der Waals surface area contributed by atoms with Crippen molar-refractivity contribution in [2.45, 2.75) is 24.9 Å². The van der Waals surface area contributed by atoms with Crippen molar-refractivity contribution in [3.05, 3.63) is 39.4 Å². The minimum absolute atomic E-state index is 0.144. The van der Waals surface area contributed by atoms with Crippen molar-refractivity contribution in [3.63, 3.8) is 0 Å². The van der Waals surface area contributed by atoms with E-state index in [0.717, 1.165) is 34.0 Å². The third-order valence-electron chi connectivity index (χ3n) is 3.12. The number of hydrogen-bond acceptors (Lipinski definition) is 4. The van der Waals surface area contributed by atoms with Crippen molar-refractivity contribution in [3.8, 4) is 0 Å². The number of benzene rings is 1. The van der Waals surface area contributed by atoms with Crippen LogP contribution in [0.5, 0.6) is 0 Å². The molecule has 0 saturated heterocycles. The lowest BCUT2D eigenvalue weighted by molar-refractivity contribution is -0.589. The molecule has 108 valence electrons. The molecule has 1 N–H and O–H groups in total. The van der Waals surface area contributed by atoms with Crippen LogP contribution in [-0.4, -0.2) is 20.8 Å². The number of halogens is 1. The standard InChI is InChI=1S/C14H13BrN4OS/c1-2-3-6-21-14-17-13(20)12-10-7-9(15)4-5-11(10)16-8-19(12)18-14/h4-5,7-8H,2-3,6H2,1H3/p+1. The van der Waals surface area contributed by atoms with Crippen molar-refractivity contribution < 1.29 is 4.52 Å². The lowest BCUT2D eigenvalue weighted by atomic mass is 10.2. The molecule has 0 saturated carbocycles. The molecule has 0 amide bonds. The molecular formula is C14H14BrN4OS+. The fourth-order valence-corrected chi connectivity index (χ4v) is 3.37. The van der Waals surface area contributed by atoms with E-state index in [4.69, 9.17) is 0 Å². The number of thioether (sulfide) groups is 1. The quantitative estimate of drug-likeness (QED) is 0.334. The fourth-order valence-electron chi connectivity index (χ4n) is 2.07. The third kappa shape index (κ3) is 2.94. The van der Waals surface area contributed by atoms with Gasteiger partial charge in [-0.25, -0.2) is 0 Å². The Morgan fingerprint density at radius 2 is 2.29 bits per heavy atom. The molecule has 0 spiro atoms. The molecule has 0 aliphatic heterocycles. The first kappa shape index (κ1) is 14.5. The monoisotopic (exact) mass is 365 g/mol. The van der Waals surface area contributed by atoms with Crippen LogP contribution in [0, 0.1) is 0 Å². The van der Waals surface area contributed by atoms with Crippen molar-refractivity contribution in [1.29, 1.82) is 0 Å². The number of unbranched alkanes of at least 4 members (excludes halogenated alkanes) is 1. The maximum Gasteiger partial charge on any atom is 0.312 e. The summed E-state index contributed by atoms with van der Waals surface area (Å²) in [5.41, 5.74) is 1.15. The number of nitrogens with zero attached hydrogens (tertiary/aromatic N) is 3. The van der Waals surface area contributed by atoms with Gasteiger partial charge in [-0.3, -0.25) is 9.78 Å². The Hall–Kier alpha value is -1.47. The van der Waals surface area contributed by atoms with Crippen molar-refractivity contribution >= 4 is 44.1 Å². The van der Waals surface area contributed by atoms with Crippen LogP contribution in [0.1, 0.15) is 19.8 Å². The number of hydrogen-bond donors (Lipinski definition) is 1. The second-order valence-electron chi connectivity index (χ2n) is 4.66. The molecule has 0 bridgehead atoms. The summed E-state index contributed by atoms with van der Waals surface area (Å²) < 4.78 is 2.47. The Balaban J connectivity index is 2.16. The number of aromatic amines is 1. The van der Waals surface area contributed by atoms with Crippen LogP contribution in [0.2, 0.25) is 0 Å². The predicted molar refractivity (Wildman–Crippen MR) is 86.7 cm³/mol. The first-order chi connectivity index (χ1) is 10.2. The normalized spacial score (nSPS) is 11.3. The Morgan fingerprint density at radius 1 is 1.43 bits per heavy atom. The fraction of sp³-hybridized carbons (Fsp3) is 0.286. The van der Waals surface area contributed by atoms with Gasteiger partial charge < -0.3 is 0 Å². The van der Waals surface area contributed by atoms with Crippen LogP contribution in [-0.2, 0) is 0 Å². The molecule has 0 radical (unpaired) electrons. The number of rotatable bonds is 4. The van der Waals surface area contributed by atoms with Gasteiger partial charge in [0, 0.05) is 10.2 Å². The zero-order valence-corrected chi connectivity index (χ0v) is 13.9. The molecule has 0 unspecified atom stereocenters. The van der Waals surface area contributed by atoms with Gasteiger partial charge in [0.1, 0.15) is 0 Å². The minimum Gasteiger partial charge on any atom is -0.295 e. The second kappa shape index (κ2) is 6.11. The van der Waals surface area contributed by atoms with E-state index in [9.17, 15) is 4.79 Å². The topological polar surface area (TPSA) is 62.7 Å². The van der Waals surface area contributed by atoms with E-state index < -0.39 is 0 Å². The minimum atomic E-state index is -0.144. The number of H-pyrrole nitrogens is 1. The first-order valence-electron chi connectivity index (χ1n) is 6.72. The van der Waals surface area contributed by atoms with Gasteiger partial charge in [-0.15, -0.1) is 0 Å². The molecule has 2 heterocycles. The van der Waals surface area contributed by atoms with Gasteiger partial charge in [0.05, 0.1) is 5.39 Å². The van der Waals surface area contributed by atoms with E-state index in [1.807, 2.05) is 18.2 Å². The van der Waals surface area contributed by atoms with Crippen LogP contribution >= 0.6 is 27.7 Å². The highest BCUT2D eigenvalue weighted by molar-refractivity contribution is 9.10. The molecule has 3 rings (SSSR count). The largest absolute Gasteiger partial charge is 0.312 e. The molecule has 5 nitrogen and oxygen atoms in total. The van der Waals surface area contributed by atoms with E-state index in [-0.39, 0.29) is 5.56 Å². The lowest BCUT2D eigenvalue weighted by Crippen LogP contribution is -2.35. The summed E-state index contributed by atoms with van der Waals surface area (Å²) >= 11 is 4.98. The van der Waals surface area contributed by atoms with E-state index >= 15 is 0 Å². The smallest absolute Gasteiger partial charge is 0.295 e. The van der Waals surface area contributed by atoms with Crippen LogP contribution in [0.4, 0.5) is 0 Å². The van der Waals surface area contributed by atoms with Gasteiger partial charge in [0.25, 0.3) is 0 Å². The van der Waals surface area contributed by atoms with Crippen molar-refractivity contribution in [2.24, 2.45) is 0 Å². The zero-order valence-electron chi connectivity index (χ0n) is 11.5. The number of fused-ring (bicyclic) bond motifs is 3. The third-order valence-corrected chi connectivity index (χ3v) is 4.56. The van der Waals surface area contributed by atoms with Crippen LogP contribution in [0.25, 0.3) is 16.4 Å². The van der Waals surface area contributed by atoms with Gasteiger partial charge in [-0.1, -0.05) is 50.7 Å². The molecule has 3 aromatic rings. The summed E-state index contributed by atoms with van der Waals surface area (Å²) in [6, 6.07) is 5.67. The van der Waals surface area contributed by atoms with Gasteiger partial charge >= 0.3 is 11.9 Å².